The van der Waals surface area contributed by atoms with Crippen molar-refractivity contribution in [3.05, 3.63) is 34.9 Å². The Kier molecular flexibility index (Phi) is 2.93. The fraction of sp³-hybridized carbons (Fsp3) is 0.500. The molecule has 0 saturated carbocycles. The molecule has 0 radical (unpaired) electrons. The predicted octanol–water partition coefficient (Wildman–Crippen LogP) is 2.80. The monoisotopic (exact) mass is 230 g/mol. The summed E-state index contributed by atoms with van der Waals surface area (Å²) in [6, 6.07) is 3.92. The lowest BCUT2D eigenvalue weighted by Crippen LogP contribution is -2.18. The van der Waals surface area contributed by atoms with Crippen LogP contribution in [0.4, 0.5) is 13.2 Å². The Bertz CT molecular complexity index is 384. The van der Waals surface area contributed by atoms with Gasteiger partial charge in [0, 0.05) is 6.61 Å². The molecule has 4 heteroatoms. The van der Waals surface area contributed by atoms with Gasteiger partial charge in [-0.15, -0.1) is 0 Å². The molecule has 0 bridgehead atoms. The zero-order valence-corrected chi connectivity index (χ0v) is 8.72. The quantitative estimate of drug-likeness (QED) is 0.786. The summed E-state index contributed by atoms with van der Waals surface area (Å²) in [5.74, 6) is 0.107. The molecular formula is C12H13F3O. The van der Waals surface area contributed by atoms with E-state index in [9.17, 15) is 13.2 Å². The largest absolute Gasteiger partial charge is 0.416 e. The standard InChI is InChI=1S/C12H13F3O/c13-12(14,15)11-4-3-9-2-1-8(7-16)5-10(9)6-11/h3-4,6,8,16H,1-2,5,7H2. The van der Waals surface area contributed by atoms with Gasteiger partial charge in [0.25, 0.3) is 0 Å². The minimum atomic E-state index is -4.28. The van der Waals surface area contributed by atoms with Crippen molar-refractivity contribution in [1.82, 2.24) is 0 Å². The van der Waals surface area contributed by atoms with E-state index in [0.717, 1.165) is 30.0 Å². The van der Waals surface area contributed by atoms with Crippen molar-refractivity contribution in [3.8, 4) is 0 Å². The Balaban J connectivity index is 2.31. The third-order valence-electron chi connectivity index (χ3n) is 3.12. The molecule has 0 aromatic heterocycles. The van der Waals surface area contributed by atoms with Gasteiger partial charge in [-0.2, -0.15) is 13.2 Å². The molecule has 88 valence electrons. The first kappa shape index (κ1) is 11.5. The maximum atomic E-state index is 12.5. The second-order valence-corrected chi connectivity index (χ2v) is 4.27. The number of alkyl halides is 3. The van der Waals surface area contributed by atoms with E-state index in [0.29, 0.717) is 6.42 Å². The molecule has 0 fully saturated rings. The summed E-state index contributed by atoms with van der Waals surface area (Å²) in [5, 5.41) is 9.02. The van der Waals surface area contributed by atoms with Gasteiger partial charge >= 0.3 is 6.18 Å². The summed E-state index contributed by atoms with van der Waals surface area (Å²) < 4.78 is 37.5. The lowest BCUT2D eigenvalue weighted by atomic mass is 9.83. The number of hydrogen-bond donors (Lipinski definition) is 1. The van der Waals surface area contributed by atoms with Gasteiger partial charge in [0.2, 0.25) is 0 Å². The molecule has 1 atom stereocenters. The number of benzene rings is 1. The van der Waals surface area contributed by atoms with Crippen LogP contribution in [-0.4, -0.2) is 11.7 Å². The lowest BCUT2D eigenvalue weighted by molar-refractivity contribution is -0.137. The number of fused-ring (bicyclic) bond motifs is 1. The highest BCUT2D eigenvalue weighted by atomic mass is 19.4. The molecule has 0 heterocycles. The SMILES string of the molecule is OCC1CCc2ccc(C(F)(F)F)cc2C1. The van der Waals surface area contributed by atoms with Crippen LogP contribution in [0, 0.1) is 5.92 Å². The lowest BCUT2D eigenvalue weighted by Gasteiger charge is -2.23. The van der Waals surface area contributed by atoms with E-state index in [4.69, 9.17) is 5.11 Å². The van der Waals surface area contributed by atoms with Crippen LogP contribution in [0.5, 0.6) is 0 Å². The first-order valence-electron chi connectivity index (χ1n) is 5.30. The smallest absolute Gasteiger partial charge is 0.396 e. The molecule has 1 nitrogen and oxygen atoms in total. The Morgan fingerprint density at radius 1 is 1.25 bits per heavy atom. The van der Waals surface area contributed by atoms with Crippen LogP contribution >= 0.6 is 0 Å². The maximum Gasteiger partial charge on any atom is 0.416 e. The van der Waals surface area contributed by atoms with Crippen LogP contribution in [0.25, 0.3) is 0 Å². The highest BCUT2D eigenvalue weighted by Gasteiger charge is 2.31. The number of hydrogen-bond acceptors (Lipinski definition) is 1. The van der Waals surface area contributed by atoms with E-state index in [2.05, 4.69) is 0 Å². The highest BCUT2D eigenvalue weighted by molar-refractivity contribution is 5.35. The Labute approximate surface area is 91.9 Å². The zero-order chi connectivity index (χ0) is 11.8. The Hall–Kier alpha value is -1.03. The number of halogens is 3. The summed E-state index contributed by atoms with van der Waals surface area (Å²) in [7, 11) is 0. The van der Waals surface area contributed by atoms with Crippen LogP contribution in [-0.2, 0) is 19.0 Å². The second-order valence-electron chi connectivity index (χ2n) is 4.27. The molecule has 0 saturated heterocycles. The number of aliphatic hydroxyl groups is 1. The van der Waals surface area contributed by atoms with E-state index < -0.39 is 11.7 Å². The fourth-order valence-corrected chi connectivity index (χ4v) is 2.16. The normalized spacial score (nSPS) is 20.6. The molecule has 1 unspecified atom stereocenters. The molecule has 0 amide bonds. The van der Waals surface area contributed by atoms with Gasteiger partial charge in [0.1, 0.15) is 0 Å². The zero-order valence-electron chi connectivity index (χ0n) is 8.72. The summed E-state index contributed by atoms with van der Waals surface area (Å²) in [4.78, 5) is 0. The molecule has 1 aromatic rings. The second kappa shape index (κ2) is 4.09. The van der Waals surface area contributed by atoms with Crippen LogP contribution in [0.3, 0.4) is 0 Å². The number of rotatable bonds is 1. The summed E-state index contributed by atoms with van der Waals surface area (Å²) in [6.45, 7) is 0.0513. The van der Waals surface area contributed by atoms with E-state index in [1.165, 1.54) is 6.07 Å². The molecule has 1 aliphatic carbocycles. The van der Waals surface area contributed by atoms with E-state index in [1.54, 1.807) is 6.07 Å². The van der Waals surface area contributed by atoms with Crippen molar-refractivity contribution in [1.29, 1.82) is 0 Å². The number of aliphatic hydroxyl groups excluding tert-OH is 1. The fourth-order valence-electron chi connectivity index (χ4n) is 2.16. The summed E-state index contributed by atoms with van der Waals surface area (Å²) >= 11 is 0. The average Bonchev–Trinajstić information content (AvgIpc) is 2.26. The molecule has 1 aliphatic rings. The van der Waals surface area contributed by atoms with Crippen LogP contribution in [0.15, 0.2) is 18.2 Å². The Morgan fingerprint density at radius 3 is 2.62 bits per heavy atom. The molecule has 2 rings (SSSR count). The maximum absolute atomic E-state index is 12.5. The van der Waals surface area contributed by atoms with Gasteiger partial charge in [-0.25, -0.2) is 0 Å². The van der Waals surface area contributed by atoms with E-state index in [1.807, 2.05) is 0 Å². The van der Waals surface area contributed by atoms with Gasteiger partial charge in [0.15, 0.2) is 0 Å². The molecular weight excluding hydrogens is 217 g/mol. The van der Waals surface area contributed by atoms with Gasteiger partial charge in [0.05, 0.1) is 5.56 Å². The summed E-state index contributed by atoms with van der Waals surface area (Å²) in [6.07, 6.45) is -2.11. The van der Waals surface area contributed by atoms with Gasteiger partial charge in [-0.1, -0.05) is 6.07 Å². The average molecular weight is 230 g/mol. The predicted molar refractivity (Wildman–Crippen MR) is 54.0 cm³/mol. The topological polar surface area (TPSA) is 20.2 Å². The van der Waals surface area contributed by atoms with Crippen molar-refractivity contribution in [3.63, 3.8) is 0 Å². The Morgan fingerprint density at radius 2 is 2.00 bits per heavy atom. The van der Waals surface area contributed by atoms with E-state index >= 15 is 0 Å². The molecule has 1 aromatic carbocycles. The van der Waals surface area contributed by atoms with Gasteiger partial charge in [-0.05, 0) is 48.4 Å². The van der Waals surface area contributed by atoms with Crippen LogP contribution < -0.4 is 0 Å². The van der Waals surface area contributed by atoms with Crippen molar-refractivity contribution < 1.29 is 18.3 Å². The van der Waals surface area contributed by atoms with Crippen molar-refractivity contribution >= 4 is 0 Å². The van der Waals surface area contributed by atoms with Crippen molar-refractivity contribution in [2.75, 3.05) is 6.61 Å². The van der Waals surface area contributed by atoms with E-state index in [-0.39, 0.29) is 12.5 Å². The number of aryl methyl sites for hydroxylation is 1. The van der Waals surface area contributed by atoms with Crippen molar-refractivity contribution in [2.45, 2.75) is 25.4 Å². The third kappa shape index (κ3) is 2.21. The first-order valence-corrected chi connectivity index (χ1v) is 5.30. The molecule has 16 heavy (non-hydrogen) atoms. The third-order valence-corrected chi connectivity index (χ3v) is 3.12. The van der Waals surface area contributed by atoms with Gasteiger partial charge < -0.3 is 5.11 Å². The van der Waals surface area contributed by atoms with Crippen LogP contribution in [0.2, 0.25) is 0 Å². The molecule has 0 aliphatic heterocycles. The van der Waals surface area contributed by atoms with Crippen LogP contribution in [0.1, 0.15) is 23.1 Å². The first-order chi connectivity index (χ1) is 7.50. The minimum absolute atomic E-state index is 0.0513. The molecule has 1 N–H and O–H groups in total. The van der Waals surface area contributed by atoms with Gasteiger partial charge in [-0.3, -0.25) is 0 Å². The summed E-state index contributed by atoms with van der Waals surface area (Å²) in [5.41, 5.74) is 1.13. The minimum Gasteiger partial charge on any atom is -0.396 e. The molecule has 0 spiro atoms. The van der Waals surface area contributed by atoms with Crippen molar-refractivity contribution in [2.24, 2.45) is 5.92 Å². The highest BCUT2D eigenvalue weighted by Crippen LogP contribution is 2.33.